The van der Waals surface area contributed by atoms with E-state index in [-0.39, 0.29) is 12.1 Å². The molecule has 2 rings (SSSR count). The minimum Gasteiger partial charge on any atom is -0.393 e. The lowest BCUT2D eigenvalue weighted by Gasteiger charge is -2.32. The van der Waals surface area contributed by atoms with Crippen molar-refractivity contribution < 1.29 is 5.11 Å². The maximum absolute atomic E-state index is 9.48. The zero-order valence-electron chi connectivity index (χ0n) is 10.1. The molecule has 0 amide bonds. The SMILES string of the molecule is CC(N)c1ccc(N2CCC(O)CC2)c(Cl)c1. The molecule has 0 saturated carbocycles. The summed E-state index contributed by atoms with van der Waals surface area (Å²) in [6, 6.07) is 5.99. The van der Waals surface area contributed by atoms with Gasteiger partial charge in [-0.3, -0.25) is 0 Å². The third-order valence-corrected chi connectivity index (χ3v) is 3.61. The maximum Gasteiger partial charge on any atom is 0.0642 e. The molecule has 4 heteroatoms. The van der Waals surface area contributed by atoms with Crippen molar-refractivity contribution in [3.63, 3.8) is 0 Å². The largest absolute Gasteiger partial charge is 0.393 e. The molecule has 0 radical (unpaired) electrons. The Hall–Kier alpha value is -0.770. The molecule has 3 N–H and O–H groups in total. The van der Waals surface area contributed by atoms with Crippen LogP contribution in [0.2, 0.25) is 5.02 Å². The molecule has 1 heterocycles. The number of piperidine rings is 1. The normalized spacial score (nSPS) is 19.4. The minimum atomic E-state index is -0.159. The average molecular weight is 255 g/mol. The van der Waals surface area contributed by atoms with Crippen molar-refractivity contribution in [3.8, 4) is 0 Å². The highest BCUT2D eigenvalue weighted by atomic mass is 35.5. The van der Waals surface area contributed by atoms with E-state index in [0.717, 1.165) is 42.2 Å². The van der Waals surface area contributed by atoms with Gasteiger partial charge in [-0.15, -0.1) is 0 Å². The van der Waals surface area contributed by atoms with Crippen LogP contribution in [0, 0.1) is 0 Å². The monoisotopic (exact) mass is 254 g/mol. The van der Waals surface area contributed by atoms with Gasteiger partial charge < -0.3 is 15.7 Å². The number of aliphatic hydroxyl groups excluding tert-OH is 1. The molecule has 0 aliphatic carbocycles. The molecule has 1 aliphatic heterocycles. The number of hydrogen-bond donors (Lipinski definition) is 2. The summed E-state index contributed by atoms with van der Waals surface area (Å²) in [5.74, 6) is 0. The van der Waals surface area contributed by atoms with Crippen molar-refractivity contribution >= 4 is 17.3 Å². The summed E-state index contributed by atoms with van der Waals surface area (Å²) in [7, 11) is 0. The van der Waals surface area contributed by atoms with Gasteiger partial charge in [0.15, 0.2) is 0 Å². The number of nitrogens with two attached hydrogens (primary N) is 1. The number of hydrogen-bond acceptors (Lipinski definition) is 3. The Bertz CT molecular complexity index is 387. The molecular weight excluding hydrogens is 236 g/mol. The first kappa shape index (κ1) is 12.7. The van der Waals surface area contributed by atoms with E-state index >= 15 is 0 Å². The van der Waals surface area contributed by atoms with Crippen LogP contribution in [0.3, 0.4) is 0 Å². The Kier molecular flexibility index (Phi) is 3.92. The van der Waals surface area contributed by atoms with Crippen molar-refractivity contribution in [1.29, 1.82) is 0 Å². The third-order valence-electron chi connectivity index (χ3n) is 3.30. The van der Waals surface area contributed by atoms with E-state index in [9.17, 15) is 5.11 Å². The highest BCUT2D eigenvalue weighted by molar-refractivity contribution is 6.33. The lowest BCUT2D eigenvalue weighted by molar-refractivity contribution is 0.145. The Morgan fingerprint density at radius 3 is 2.59 bits per heavy atom. The first-order valence-corrected chi connectivity index (χ1v) is 6.44. The first-order valence-electron chi connectivity index (χ1n) is 6.06. The summed E-state index contributed by atoms with van der Waals surface area (Å²) in [6.45, 7) is 3.67. The second kappa shape index (κ2) is 5.25. The molecule has 3 nitrogen and oxygen atoms in total. The van der Waals surface area contributed by atoms with Gasteiger partial charge in [-0.1, -0.05) is 17.7 Å². The molecule has 1 aromatic carbocycles. The fraction of sp³-hybridized carbons (Fsp3) is 0.538. The minimum absolute atomic E-state index is 0.00438. The molecule has 1 aromatic rings. The quantitative estimate of drug-likeness (QED) is 0.852. The number of nitrogens with zero attached hydrogens (tertiary/aromatic N) is 1. The Balaban J connectivity index is 2.16. The van der Waals surface area contributed by atoms with E-state index in [0.29, 0.717) is 0 Å². The van der Waals surface area contributed by atoms with Gasteiger partial charge in [0.05, 0.1) is 16.8 Å². The number of anilines is 1. The van der Waals surface area contributed by atoms with Crippen LogP contribution in [0.4, 0.5) is 5.69 Å². The molecule has 1 aliphatic rings. The van der Waals surface area contributed by atoms with E-state index in [4.69, 9.17) is 17.3 Å². The van der Waals surface area contributed by atoms with E-state index in [2.05, 4.69) is 4.90 Å². The van der Waals surface area contributed by atoms with Crippen LogP contribution in [-0.2, 0) is 0 Å². The third kappa shape index (κ3) is 2.92. The van der Waals surface area contributed by atoms with E-state index < -0.39 is 0 Å². The number of benzene rings is 1. The van der Waals surface area contributed by atoms with Crippen LogP contribution in [0.1, 0.15) is 31.4 Å². The predicted octanol–water partition coefficient (Wildman–Crippen LogP) is 2.32. The van der Waals surface area contributed by atoms with Crippen LogP contribution < -0.4 is 10.6 Å². The van der Waals surface area contributed by atoms with Gasteiger partial charge in [0.1, 0.15) is 0 Å². The van der Waals surface area contributed by atoms with Crippen molar-refractivity contribution in [1.82, 2.24) is 0 Å². The topological polar surface area (TPSA) is 49.5 Å². The van der Waals surface area contributed by atoms with E-state index in [1.165, 1.54) is 0 Å². The van der Waals surface area contributed by atoms with Gasteiger partial charge in [0.2, 0.25) is 0 Å². The van der Waals surface area contributed by atoms with Crippen LogP contribution >= 0.6 is 11.6 Å². The summed E-state index contributed by atoms with van der Waals surface area (Å²) in [5.41, 5.74) is 7.92. The molecule has 0 bridgehead atoms. The average Bonchev–Trinajstić information content (AvgIpc) is 2.30. The van der Waals surface area contributed by atoms with Crippen molar-refractivity contribution in [2.75, 3.05) is 18.0 Å². The molecule has 1 unspecified atom stereocenters. The summed E-state index contributed by atoms with van der Waals surface area (Å²) in [4.78, 5) is 2.22. The molecule has 17 heavy (non-hydrogen) atoms. The Labute approximate surface area is 107 Å². The van der Waals surface area contributed by atoms with Crippen molar-refractivity contribution in [2.24, 2.45) is 5.73 Å². The molecule has 1 saturated heterocycles. The van der Waals surface area contributed by atoms with Gasteiger partial charge in [-0.05, 0) is 37.5 Å². The van der Waals surface area contributed by atoms with Crippen LogP contribution in [0.5, 0.6) is 0 Å². The predicted molar refractivity (Wildman–Crippen MR) is 71.5 cm³/mol. The van der Waals surface area contributed by atoms with Gasteiger partial charge in [0.25, 0.3) is 0 Å². The standard InChI is InChI=1S/C13H19ClN2O/c1-9(15)10-2-3-13(12(14)8-10)16-6-4-11(17)5-7-16/h2-3,8-9,11,17H,4-7,15H2,1H3. The molecule has 1 atom stereocenters. The molecule has 94 valence electrons. The molecule has 0 spiro atoms. The second-order valence-electron chi connectivity index (χ2n) is 4.72. The van der Waals surface area contributed by atoms with Gasteiger partial charge in [-0.25, -0.2) is 0 Å². The van der Waals surface area contributed by atoms with Gasteiger partial charge in [0, 0.05) is 19.1 Å². The van der Waals surface area contributed by atoms with Crippen molar-refractivity contribution in [2.45, 2.75) is 31.9 Å². The highest BCUT2D eigenvalue weighted by Crippen LogP contribution is 2.30. The fourth-order valence-electron chi connectivity index (χ4n) is 2.17. The number of rotatable bonds is 2. The zero-order chi connectivity index (χ0) is 12.4. The van der Waals surface area contributed by atoms with Crippen molar-refractivity contribution in [3.05, 3.63) is 28.8 Å². The van der Waals surface area contributed by atoms with E-state index in [1.54, 1.807) is 0 Å². The fourth-order valence-corrected chi connectivity index (χ4v) is 2.48. The van der Waals surface area contributed by atoms with Crippen LogP contribution in [-0.4, -0.2) is 24.3 Å². The first-order chi connectivity index (χ1) is 8.08. The lowest BCUT2D eigenvalue weighted by atomic mass is 10.1. The molecule has 0 aromatic heterocycles. The summed E-state index contributed by atoms with van der Waals surface area (Å²) < 4.78 is 0. The molecular formula is C13H19ClN2O. The van der Waals surface area contributed by atoms with Crippen LogP contribution in [0.25, 0.3) is 0 Å². The number of halogens is 1. The van der Waals surface area contributed by atoms with Gasteiger partial charge >= 0.3 is 0 Å². The highest BCUT2D eigenvalue weighted by Gasteiger charge is 2.19. The lowest BCUT2D eigenvalue weighted by Crippen LogP contribution is -2.35. The maximum atomic E-state index is 9.48. The zero-order valence-corrected chi connectivity index (χ0v) is 10.8. The van der Waals surface area contributed by atoms with Crippen LogP contribution in [0.15, 0.2) is 18.2 Å². The number of aliphatic hydroxyl groups is 1. The Morgan fingerprint density at radius 2 is 2.06 bits per heavy atom. The molecule has 1 fully saturated rings. The summed E-state index contributed by atoms with van der Waals surface area (Å²) in [5, 5.41) is 10.2. The summed E-state index contributed by atoms with van der Waals surface area (Å²) in [6.07, 6.45) is 1.46. The Morgan fingerprint density at radius 1 is 1.41 bits per heavy atom. The smallest absolute Gasteiger partial charge is 0.0642 e. The summed E-state index contributed by atoms with van der Waals surface area (Å²) >= 11 is 6.28. The van der Waals surface area contributed by atoms with Gasteiger partial charge in [-0.2, -0.15) is 0 Å². The second-order valence-corrected chi connectivity index (χ2v) is 5.12. The van der Waals surface area contributed by atoms with E-state index in [1.807, 2.05) is 25.1 Å².